The Morgan fingerprint density at radius 1 is 0.604 bits per heavy atom. The van der Waals surface area contributed by atoms with Crippen LogP contribution in [0.25, 0.3) is 0 Å². The van der Waals surface area contributed by atoms with Gasteiger partial charge in [0.15, 0.2) is 11.6 Å². The Labute approximate surface area is 311 Å². The van der Waals surface area contributed by atoms with Crippen LogP contribution >= 0.6 is 0 Å². The van der Waals surface area contributed by atoms with E-state index < -0.39 is 15.7 Å². The number of nitro benzene ring substituents is 2. The summed E-state index contributed by atoms with van der Waals surface area (Å²) >= 11 is 0. The number of benzene rings is 3. The number of methoxy groups -OCH3 is 3. The number of nitrogen functional groups attached to an aromatic ring is 1. The maximum atomic E-state index is 12.7. The monoisotopic (exact) mass is 743 g/mol. The quantitative estimate of drug-likeness (QED) is 0.204. The van der Waals surface area contributed by atoms with Crippen LogP contribution in [-0.2, 0) is 0 Å². The highest BCUT2D eigenvalue weighted by molar-refractivity contribution is 5.64. The van der Waals surface area contributed by atoms with Crippen LogP contribution in [0.5, 0.6) is 17.2 Å². The van der Waals surface area contributed by atoms with Crippen LogP contribution in [-0.4, -0.2) is 146 Å². The van der Waals surface area contributed by atoms with Gasteiger partial charge in [-0.15, -0.1) is 0 Å². The van der Waals surface area contributed by atoms with Gasteiger partial charge in [0.1, 0.15) is 11.5 Å². The molecule has 3 N–H and O–H groups in total. The molecule has 0 radical (unpaired) electrons. The molecule has 17 heteroatoms. The van der Waals surface area contributed by atoms with Crippen LogP contribution in [0.15, 0.2) is 54.6 Å². The number of hydrogen-bond acceptors (Lipinski definition) is 14. The minimum Gasteiger partial charge on any atom is -0.495 e. The lowest BCUT2D eigenvalue weighted by Crippen LogP contribution is -2.44. The van der Waals surface area contributed by atoms with Gasteiger partial charge in [-0.25, -0.2) is 4.39 Å². The predicted octanol–water partition coefficient (Wildman–Crippen LogP) is 3.65. The standard InChI is InChI=1S/C12H17N3O3.C12H19N3O.C7H6FNO3.C5H12N2/c1-13-5-7-14(8-6-13)11-4-3-10(15(16)17)9-12(11)18-2;1-14-5-7-15(8-6-14)11-4-3-10(13)9-12(11)16-2;1-12-7-4-5(9(10)11)2-3-6(7)8;1-7-4-2-6-3-5-7/h3-4,9H,5-8H2,1-2H3;3-4,9H,5-8,13H2,1-2H3;2-4H,1H3;6H,2-5H2,1H3. The van der Waals surface area contributed by atoms with Crippen molar-refractivity contribution in [2.24, 2.45) is 0 Å². The van der Waals surface area contributed by atoms with Gasteiger partial charge in [-0.1, -0.05) is 0 Å². The smallest absolute Gasteiger partial charge is 0.273 e. The minimum absolute atomic E-state index is 0.0599. The summed E-state index contributed by atoms with van der Waals surface area (Å²) in [7, 11) is 10.9. The van der Waals surface area contributed by atoms with E-state index in [2.05, 4.69) is 55.7 Å². The molecule has 0 atom stereocenters. The number of piperazine rings is 3. The number of non-ortho nitro benzene ring substituents is 2. The number of nitrogens with zero attached hydrogens (tertiary/aromatic N) is 7. The Morgan fingerprint density at radius 2 is 1.00 bits per heavy atom. The van der Waals surface area contributed by atoms with Crippen molar-refractivity contribution in [2.45, 2.75) is 0 Å². The van der Waals surface area contributed by atoms with Crippen LogP contribution in [0.1, 0.15) is 0 Å². The second-order valence-electron chi connectivity index (χ2n) is 12.8. The molecule has 0 aliphatic carbocycles. The first-order valence-electron chi connectivity index (χ1n) is 17.4. The van der Waals surface area contributed by atoms with Crippen LogP contribution < -0.4 is 35.1 Å². The van der Waals surface area contributed by atoms with Crippen molar-refractivity contribution in [2.75, 3.05) is 137 Å². The third-order valence-electron chi connectivity index (χ3n) is 8.95. The molecular weight excluding hydrogens is 689 g/mol. The van der Waals surface area contributed by atoms with E-state index in [0.29, 0.717) is 5.75 Å². The topological polar surface area (TPSA) is 168 Å². The van der Waals surface area contributed by atoms with Gasteiger partial charge < -0.3 is 49.8 Å². The Morgan fingerprint density at radius 3 is 1.42 bits per heavy atom. The lowest BCUT2D eigenvalue weighted by Gasteiger charge is -2.34. The van der Waals surface area contributed by atoms with Crippen LogP contribution in [0, 0.1) is 26.0 Å². The molecule has 6 rings (SSSR count). The van der Waals surface area contributed by atoms with E-state index in [1.807, 2.05) is 18.2 Å². The predicted molar refractivity (Wildman–Crippen MR) is 206 cm³/mol. The normalized spacial score (nSPS) is 16.4. The van der Waals surface area contributed by atoms with Crippen molar-refractivity contribution in [3.05, 3.63) is 80.6 Å². The van der Waals surface area contributed by atoms with Gasteiger partial charge in [-0.05, 0) is 45.4 Å². The molecule has 16 nitrogen and oxygen atoms in total. The first kappa shape index (κ1) is 42.4. The van der Waals surface area contributed by atoms with Crippen molar-refractivity contribution >= 4 is 28.4 Å². The number of likely N-dealkylation sites (N-methyl/N-ethyl adjacent to an activating group) is 3. The molecule has 3 fully saturated rings. The molecule has 0 bridgehead atoms. The lowest BCUT2D eigenvalue weighted by atomic mass is 10.2. The summed E-state index contributed by atoms with van der Waals surface area (Å²) < 4.78 is 27.9. The van der Waals surface area contributed by atoms with E-state index in [1.54, 1.807) is 20.3 Å². The fourth-order valence-electron chi connectivity index (χ4n) is 5.63. The third kappa shape index (κ3) is 13.5. The lowest BCUT2D eigenvalue weighted by molar-refractivity contribution is -0.385. The maximum absolute atomic E-state index is 12.7. The van der Waals surface area contributed by atoms with Crippen LogP contribution in [0.4, 0.5) is 32.8 Å². The molecule has 3 aliphatic heterocycles. The molecule has 292 valence electrons. The van der Waals surface area contributed by atoms with E-state index in [-0.39, 0.29) is 17.1 Å². The Balaban J connectivity index is 0.000000199. The zero-order valence-electron chi connectivity index (χ0n) is 31.6. The number of anilines is 3. The van der Waals surface area contributed by atoms with Gasteiger partial charge in [0, 0.05) is 102 Å². The molecule has 53 heavy (non-hydrogen) atoms. The number of halogens is 1. The summed E-state index contributed by atoms with van der Waals surface area (Å²) in [5, 5.41) is 24.2. The molecule has 3 aromatic rings. The zero-order valence-corrected chi connectivity index (χ0v) is 31.6. The van der Waals surface area contributed by atoms with E-state index in [1.165, 1.54) is 32.3 Å². The van der Waals surface area contributed by atoms with E-state index in [0.717, 1.165) is 106 Å². The van der Waals surface area contributed by atoms with Gasteiger partial charge in [-0.3, -0.25) is 20.2 Å². The Kier molecular flexibility index (Phi) is 17.2. The van der Waals surface area contributed by atoms with E-state index in [9.17, 15) is 24.6 Å². The molecule has 0 unspecified atom stereocenters. The van der Waals surface area contributed by atoms with E-state index >= 15 is 0 Å². The highest BCUT2D eigenvalue weighted by Crippen LogP contribution is 2.33. The van der Waals surface area contributed by atoms with Crippen molar-refractivity contribution in [3.63, 3.8) is 0 Å². The average Bonchev–Trinajstić information content (AvgIpc) is 3.16. The fourth-order valence-corrected chi connectivity index (χ4v) is 5.63. The second-order valence-corrected chi connectivity index (χ2v) is 12.8. The largest absolute Gasteiger partial charge is 0.495 e. The molecule has 3 aliphatic rings. The zero-order chi connectivity index (χ0) is 38.9. The molecule has 0 amide bonds. The molecular formula is C36H54FN9O7. The molecule has 0 saturated carbocycles. The first-order chi connectivity index (χ1) is 25.4. The molecule has 3 heterocycles. The van der Waals surface area contributed by atoms with E-state index in [4.69, 9.17) is 15.2 Å². The van der Waals surface area contributed by atoms with Crippen LogP contribution in [0.2, 0.25) is 0 Å². The summed E-state index contributed by atoms with van der Waals surface area (Å²) in [4.78, 5) is 31.4. The molecule has 3 aromatic carbocycles. The van der Waals surface area contributed by atoms with Gasteiger partial charge in [0.2, 0.25) is 0 Å². The minimum atomic E-state index is -0.609. The van der Waals surface area contributed by atoms with Crippen molar-refractivity contribution < 1.29 is 28.4 Å². The van der Waals surface area contributed by atoms with Crippen molar-refractivity contribution in [3.8, 4) is 17.2 Å². The van der Waals surface area contributed by atoms with Crippen molar-refractivity contribution in [1.82, 2.24) is 20.0 Å². The Hall–Kier alpha value is -4.97. The number of nitro groups is 2. The fraction of sp³-hybridized carbons (Fsp3) is 0.500. The molecule has 3 saturated heterocycles. The second kappa shape index (κ2) is 21.5. The number of hydrogen-bond donors (Lipinski definition) is 2. The maximum Gasteiger partial charge on any atom is 0.273 e. The van der Waals surface area contributed by atoms with Gasteiger partial charge in [-0.2, -0.15) is 0 Å². The number of nitrogens with two attached hydrogens (primary N) is 1. The summed E-state index contributed by atoms with van der Waals surface area (Å²) in [6.45, 7) is 12.8. The number of nitrogens with one attached hydrogen (secondary N) is 1. The SMILES string of the molecule is CN1CCNCC1.COc1cc(N)ccc1N1CCN(C)CC1.COc1cc([N+](=O)[O-])ccc1F.COc1cc([N+](=O)[O-])ccc1N1CCN(C)CC1. The molecule has 0 aromatic heterocycles. The third-order valence-corrected chi connectivity index (χ3v) is 8.95. The summed E-state index contributed by atoms with van der Waals surface area (Å²) in [5.41, 5.74) is 8.44. The van der Waals surface area contributed by atoms with Gasteiger partial charge in [0.25, 0.3) is 11.4 Å². The van der Waals surface area contributed by atoms with Gasteiger partial charge >= 0.3 is 0 Å². The highest BCUT2D eigenvalue weighted by Gasteiger charge is 2.20. The first-order valence-corrected chi connectivity index (χ1v) is 17.4. The number of rotatable bonds is 7. The average molecular weight is 744 g/mol. The van der Waals surface area contributed by atoms with Crippen LogP contribution in [0.3, 0.4) is 0 Å². The summed E-state index contributed by atoms with van der Waals surface area (Å²) in [6.07, 6.45) is 0. The summed E-state index contributed by atoms with van der Waals surface area (Å²) in [6, 6.07) is 13.7. The Bertz CT molecular complexity index is 1600. The highest BCUT2D eigenvalue weighted by atomic mass is 19.1. The van der Waals surface area contributed by atoms with Gasteiger partial charge in [0.05, 0.1) is 54.7 Å². The molecule has 0 spiro atoms. The summed E-state index contributed by atoms with van der Waals surface area (Å²) in [5.74, 6) is 0.700. The number of ether oxygens (including phenoxy) is 3. The van der Waals surface area contributed by atoms with Crippen molar-refractivity contribution in [1.29, 1.82) is 0 Å².